The molecule has 1 aliphatic heterocycles. The fourth-order valence-corrected chi connectivity index (χ4v) is 3.67. The number of aromatic nitrogens is 6. The van der Waals surface area contributed by atoms with Crippen molar-refractivity contribution >= 4 is 23.3 Å². The summed E-state index contributed by atoms with van der Waals surface area (Å²) >= 11 is 6.00. The predicted molar refractivity (Wildman–Crippen MR) is 95.2 cm³/mol. The van der Waals surface area contributed by atoms with Crippen LogP contribution in [0.1, 0.15) is 47.6 Å². The third-order valence-electron chi connectivity index (χ3n) is 5.00. The summed E-state index contributed by atoms with van der Waals surface area (Å²) in [5.41, 5.74) is 0.266. The molecular formula is C17H16ClF2N7O. The van der Waals surface area contributed by atoms with Crippen LogP contribution in [-0.4, -0.2) is 53.4 Å². The van der Waals surface area contributed by atoms with Gasteiger partial charge >= 0.3 is 0 Å². The van der Waals surface area contributed by atoms with Crippen LogP contribution in [-0.2, 0) is 0 Å². The van der Waals surface area contributed by atoms with Crippen molar-refractivity contribution in [2.75, 3.05) is 13.1 Å². The van der Waals surface area contributed by atoms with Crippen molar-refractivity contribution < 1.29 is 13.6 Å². The van der Waals surface area contributed by atoms with E-state index in [0.29, 0.717) is 25.2 Å². The second-order valence-electron chi connectivity index (χ2n) is 6.70. The van der Waals surface area contributed by atoms with E-state index < -0.39 is 6.43 Å². The van der Waals surface area contributed by atoms with Gasteiger partial charge in [0.25, 0.3) is 18.1 Å². The van der Waals surface area contributed by atoms with Gasteiger partial charge in [0.2, 0.25) is 0 Å². The first-order valence-corrected chi connectivity index (χ1v) is 9.08. The van der Waals surface area contributed by atoms with Gasteiger partial charge in [-0.1, -0.05) is 18.5 Å². The van der Waals surface area contributed by atoms with Gasteiger partial charge in [-0.25, -0.2) is 28.2 Å². The van der Waals surface area contributed by atoms with Crippen LogP contribution in [0, 0.1) is 5.92 Å². The summed E-state index contributed by atoms with van der Waals surface area (Å²) in [7, 11) is 0. The highest BCUT2D eigenvalue weighted by molar-refractivity contribution is 6.32. The average molecular weight is 408 g/mol. The lowest BCUT2D eigenvalue weighted by Crippen LogP contribution is -2.43. The number of halogens is 3. The summed E-state index contributed by atoms with van der Waals surface area (Å²) in [4.78, 5) is 30.2. The van der Waals surface area contributed by atoms with E-state index in [2.05, 4.69) is 25.0 Å². The summed E-state index contributed by atoms with van der Waals surface area (Å²) in [5, 5.41) is 4.15. The quantitative estimate of drug-likeness (QED) is 0.663. The Morgan fingerprint density at radius 2 is 2.07 bits per heavy atom. The number of carbonyl (C=O) groups is 1. The first-order valence-electron chi connectivity index (χ1n) is 8.70. The normalized spacial score (nSPS) is 20.1. The molecule has 146 valence electrons. The van der Waals surface area contributed by atoms with Crippen molar-refractivity contribution in [3.63, 3.8) is 0 Å². The van der Waals surface area contributed by atoms with E-state index in [-0.39, 0.29) is 40.1 Å². The Balaban J connectivity index is 1.70. The maximum atomic E-state index is 13.3. The SMILES string of the molecule is C[C@@H]1CCN(C(=O)c2nccnc2Cl)C[C@H]1c1cc(C(F)F)nc2ncnn12. The molecule has 28 heavy (non-hydrogen) atoms. The molecule has 1 saturated heterocycles. The van der Waals surface area contributed by atoms with Gasteiger partial charge in [-0.15, -0.1) is 0 Å². The molecule has 4 heterocycles. The summed E-state index contributed by atoms with van der Waals surface area (Å²) < 4.78 is 28.1. The molecule has 8 nitrogen and oxygen atoms in total. The molecule has 3 aromatic rings. The Morgan fingerprint density at radius 1 is 1.29 bits per heavy atom. The van der Waals surface area contributed by atoms with Gasteiger partial charge in [-0.2, -0.15) is 10.1 Å². The Hall–Kier alpha value is -2.75. The van der Waals surface area contributed by atoms with E-state index in [9.17, 15) is 13.6 Å². The lowest BCUT2D eigenvalue weighted by atomic mass is 9.84. The maximum absolute atomic E-state index is 13.3. The number of nitrogens with zero attached hydrogens (tertiary/aromatic N) is 7. The zero-order valence-electron chi connectivity index (χ0n) is 14.8. The average Bonchev–Trinajstić information content (AvgIpc) is 3.16. The molecule has 0 bridgehead atoms. The molecule has 0 radical (unpaired) electrons. The van der Waals surface area contributed by atoms with Gasteiger partial charge in [0.05, 0.1) is 5.69 Å². The monoisotopic (exact) mass is 407 g/mol. The molecule has 1 amide bonds. The van der Waals surface area contributed by atoms with E-state index in [4.69, 9.17) is 11.6 Å². The maximum Gasteiger partial charge on any atom is 0.280 e. The highest BCUT2D eigenvalue weighted by Gasteiger charge is 2.34. The Morgan fingerprint density at radius 3 is 2.82 bits per heavy atom. The van der Waals surface area contributed by atoms with Crippen LogP contribution in [0.2, 0.25) is 5.15 Å². The number of piperidine rings is 1. The number of alkyl halides is 2. The number of carbonyl (C=O) groups excluding carboxylic acids is 1. The molecule has 0 N–H and O–H groups in total. The Labute approximate surface area is 163 Å². The lowest BCUT2D eigenvalue weighted by Gasteiger charge is -2.37. The van der Waals surface area contributed by atoms with Crippen LogP contribution in [0.4, 0.5) is 8.78 Å². The molecule has 0 aliphatic carbocycles. The van der Waals surface area contributed by atoms with Crippen LogP contribution in [0.15, 0.2) is 24.8 Å². The minimum absolute atomic E-state index is 0.0326. The fraction of sp³-hybridized carbons (Fsp3) is 0.412. The van der Waals surface area contributed by atoms with Crippen LogP contribution >= 0.6 is 11.6 Å². The molecule has 1 fully saturated rings. The number of hydrogen-bond acceptors (Lipinski definition) is 6. The van der Waals surface area contributed by atoms with E-state index >= 15 is 0 Å². The summed E-state index contributed by atoms with van der Waals surface area (Å²) in [6.45, 7) is 2.85. The van der Waals surface area contributed by atoms with Crippen molar-refractivity contribution in [1.82, 2.24) is 34.4 Å². The van der Waals surface area contributed by atoms with Gasteiger partial charge in [-0.05, 0) is 18.4 Å². The number of amides is 1. The predicted octanol–water partition coefficient (Wildman–Crippen LogP) is 2.77. The highest BCUT2D eigenvalue weighted by Crippen LogP contribution is 2.34. The molecule has 4 rings (SSSR count). The molecule has 0 unspecified atom stereocenters. The van der Waals surface area contributed by atoms with Crippen molar-refractivity contribution in [1.29, 1.82) is 0 Å². The van der Waals surface area contributed by atoms with E-state index in [0.717, 1.165) is 0 Å². The second kappa shape index (κ2) is 7.34. The number of fused-ring (bicyclic) bond motifs is 1. The number of likely N-dealkylation sites (tertiary alicyclic amines) is 1. The van der Waals surface area contributed by atoms with Crippen LogP contribution < -0.4 is 0 Å². The molecule has 11 heteroatoms. The van der Waals surface area contributed by atoms with Crippen LogP contribution in [0.25, 0.3) is 5.78 Å². The third kappa shape index (κ3) is 3.28. The minimum Gasteiger partial charge on any atom is -0.337 e. The zero-order chi connectivity index (χ0) is 19.8. The van der Waals surface area contributed by atoms with Crippen molar-refractivity contribution in [2.45, 2.75) is 25.7 Å². The van der Waals surface area contributed by atoms with Crippen LogP contribution in [0.3, 0.4) is 0 Å². The van der Waals surface area contributed by atoms with Crippen LogP contribution in [0.5, 0.6) is 0 Å². The largest absolute Gasteiger partial charge is 0.337 e. The molecular weight excluding hydrogens is 392 g/mol. The van der Waals surface area contributed by atoms with E-state index in [1.807, 2.05) is 6.92 Å². The van der Waals surface area contributed by atoms with E-state index in [1.54, 1.807) is 4.90 Å². The molecule has 0 saturated carbocycles. The molecule has 0 spiro atoms. The molecule has 3 aromatic heterocycles. The van der Waals surface area contributed by atoms with Gasteiger partial charge in [-0.3, -0.25) is 4.79 Å². The number of hydrogen-bond donors (Lipinski definition) is 0. The summed E-state index contributed by atoms with van der Waals surface area (Å²) in [6.07, 6.45) is 2.05. The first-order chi connectivity index (χ1) is 13.5. The molecule has 2 atom stereocenters. The standard InChI is InChI=1S/C17H16ClF2N7O/c1-9-2-5-26(16(28)13-14(18)22-4-3-21-13)7-10(9)12-6-11(15(19)20)25-17-23-8-24-27(12)17/h3-4,6,8-10,15H,2,5,7H2,1H3/t9-,10-/m1/s1. The zero-order valence-corrected chi connectivity index (χ0v) is 15.6. The number of rotatable bonds is 3. The summed E-state index contributed by atoms with van der Waals surface area (Å²) in [5.74, 6) is -0.312. The van der Waals surface area contributed by atoms with Crippen molar-refractivity contribution in [3.8, 4) is 0 Å². The minimum atomic E-state index is -2.73. The smallest absolute Gasteiger partial charge is 0.280 e. The van der Waals surface area contributed by atoms with Crippen molar-refractivity contribution in [2.24, 2.45) is 5.92 Å². The van der Waals surface area contributed by atoms with Gasteiger partial charge in [0.15, 0.2) is 10.8 Å². The van der Waals surface area contributed by atoms with Crippen molar-refractivity contribution in [3.05, 3.63) is 47.0 Å². The lowest BCUT2D eigenvalue weighted by molar-refractivity contribution is 0.0659. The van der Waals surface area contributed by atoms with E-state index in [1.165, 1.54) is 29.3 Å². The van der Waals surface area contributed by atoms with Gasteiger partial charge in [0, 0.05) is 31.4 Å². The molecule has 0 aromatic carbocycles. The Bertz CT molecular complexity index is 1030. The second-order valence-corrected chi connectivity index (χ2v) is 7.06. The fourth-order valence-electron chi connectivity index (χ4n) is 3.48. The highest BCUT2D eigenvalue weighted by atomic mass is 35.5. The van der Waals surface area contributed by atoms with Gasteiger partial charge < -0.3 is 4.90 Å². The first kappa shape index (κ1) is 18.6. The Kier molecular flexibility index (Phi) is 4.88. The van der Waals surface area contributed by atoms with Gasteiger partial charge in [0.1, 0.15) is 12.0 Å². The molecule has 1 aliphatic rings. The summed E-state index contributed by atoms with van der Waals surface area (Å²) in [6, 6.07) is 1.34. The topological polar surface area (TPSA) is 89.2 Å². The third-order valence-corrected chi connectivity index (χ3v) is 5.28.